The summed E-state index contributed by atoms with van der Waals surface area (Å²) in [6, 6.07) is 17.5. The molecule has 2 heteroatoms. The molecule has 1 aliphatic rings. The zero-order valence-corrected chi connectivity index (χ0v) is 14.7. The maximum Gasteiger partial charge on any atom is 0.0459 e. The molecule has 1 aliphatic heterocycles. The van der Waals surface area contributed by atoms with Crippen molar-refractivity contribution in [2.75, 3.05) is 20.1 Å². The molecule has 0 radical (unpaired) electrons. The highest BCUT2D eigenvalue weighted by molar-refractivity contribution is 5.87. The van der Waals surface area contributed by atoms with E-state index in [1.165, 1.54) is 40.6 Å². The summed E-state index contributed by atoms with van der Waals surface area (Å²) < 4.78 is 0. The summed E-state index contributed by atoms with van der Waals surface area (Å²) in [6.07, 6.45) is 5.69. The first kappa shape index (κ1) is 15.5. The van der Waals surface area contributed by atoms with E-state index in [1.807, 2.05) is 0 Å². The van der Waals surface area contributed by atoms with E-state index in [2.05, 4.69) is 78.6 Å². The molecule has 4 rings (SSSR count). The number of likely N-dealkylation sites (tertiary alicyclic amines) is 1. The van der Waals surface area contributed by atoms with Crippen LogP contribution in [0.2, 0.25) is 0 Å². The molecule has 1 aromatic heterocycles. The third-order valence-corrected chi connectivity index (χ3v) is 5.63. The maximum absolute atomic E-state index is 3.53. The number of aromatic nitrogens is 1. The molecule has 1 fully saturated rings. The molecule has 0 saturated carbocycles. The van der Waals surface area contributed by atoms with Gasteiger partial charge in [-0.1, -0.05) is 49.4 Å². The van der Waals surface area contributed by atoms with Crippen LogP contribution in [0.25, 0.3) is 10.9 Å². The Hall–Kier alpha value is -2.06. The molecule has 1 atom stereocenters. The van der Waals surface area contributed by atoms with Crippen LogP contribution < -0.4 is 0 Å². The Balaban J connectivity index is 1.70. The molecule has 1 saturated heterocycles. The number of rotatable bonds is 4. The van der Waals surface area contributed by atoms with Crippen LogP contribution in [0.4, 0.5) is 0 Å². The summed E-state index contributed by atoms with van der Waals surface area (Å²) in [6.45, 7) is 4.76. The zero-order valence-electron chi connectivity index (χ0n) is 14.7. The van der Waals surface area contributed by atoms with Crippen molar-refractivity contribution in [2.24, 2.45) is 0 Å². The number of hydrogen-bond donors (Lipinski definition) is 1. The van der Waals surface area contributed by atoms with Crippen LogP contribution in [0.15, 0.2) is 54.7 Å². The minimum atomic E-state index is 0.260. The molecule has 2 nitrogen and oxygen atoms in total. The van der Waals surface area contributed by atoms with Crippen molar-refractivity contribution in [3.63, 3.8) is 0 Å². The molecule has 0 aliphatic carbocycles. The van der Waals surface area contributed by atoms with Crippen LogP contribution in [-0.4, -0.2) is 30.0 Å². The topological polar surface area (TPSA) is 19.0 Å². The van der Waals surface area contributed by atoms with Crippen molar-refractivity contribution in [2.45, 2.75) is 31.6 Å². The largest absolute Gasteiger partial charge is 0.361 e. The van der Waals surface area contributed by atoms with Crippen LogP contribution >= 0.6 is 0 Å². The minimum absolute atomic E-state index is 0.260. The van der Waals surface area contributed by atoms with Gasteiger partial charge in [0.15, 0.2) is 0 Å². The van der Waals surface area contributed by atoms with Gasteiger partial charge in [-0.05, 0) is 55.6 Å². The Bertz CT molecular complexity index is 834. The molecular weight excluding hydrogens is 292 g/mol. The highest BCUT2D eigenvalue weighted by atomic mass is 15.1. The highest BCUT2D eigenvalue weighted by Gasteiger charge is 2.35. The Morgan fingerprint density at radius 2 is 1.88 bits per heavy atom. The van der Waals surface area contributed by atoms with Crippen molar-refractivity contribution in [1.82, 2.24) is 9.88 Å². The summed E-state index contributed by atoms with van der Waals surface area (Å²) in [4.78, 5) is 5.97. The lowest BCUT2D eigenvalue weighted by Crippen LogP contribution is -2.25. The summed E-state index contributed by atoms with van der Waals surface area (Å²) in [5, 5.41) is 1.46. The maximum atomic E-state index is 3.53. The number of likely N-dealkylation sites (N-methyl/N-ethyl adjacent to an activating group) is 1. The van der Waals surface area contributed by atoms with E-state index in [-0.39, 0.29) is 5.41 Å². The van der Waals surface area contributed by atoms with Crippen LogP contribution in [-0.2, 0) is 18.3 Å². The number of H-pyrrole nitrogens is 1. The summed E-state index contributed by atoms with van der Waals surface area (Å²) in [5.41, 5.74) is 5.94. The van der Waals surface area contributed by atoms with Crippen molar-refractivity contribution in [3.05, 3.63) is 71.4 Å². The average Bonchev–Trinajstić information content (AvgIpc) is 3.18. The highest BCUT2D eigenvalue weighted by Crippen LogP contribution is 2.39. The van der Waals surface area contributed by atoms with E-state index < -0.39 is 0 Å². The number of aryl methyl sites for hydroxylation is 2. The van der Waals surface area contributed by atoms with Gasteiger partial charge in [0.05, 0.1) is 0 Å². The van der Waals surface area contributed by atoms with Crippen molar-refractivity contribution >= 4 is 10.9 Å². The first-order valence-electron chi connectivity index (χ1n) is 8.98. The number of hydrogen-bond acceptors (Lipinski definition) is 1. The first-order valence-corrected chi connectivity index (χ1v) is 8.98. The Labute approximate surface area is 144 Å². The Morgan fingerprint density at radius 3 is 2.62 bits per heavy atom. The number of nitrogens with zero attached hydrogens (tertiary/aromatic N) is 1. The fraction of sp³-hybridized carbons (Fsp3) is 0.364. The van der Waals surface area contributed by atoms with Gasteiger partial charge in [0.2, 0.25) is 0 Å². The lowest BCUT2D eigenvalue weighted by atomic mass is 9.80. The molecule has 1 N–H and O–H groups in total. The number of nitrogens with one attached hydrogen (secondary N) is 1. The van der Waals surface area contributed by atoms with Crippen molar-refractivity contribution in [1.29, 1.82) is 0 Å². The smallest absolute Gasteiger partial charge is 0.0459 e. The lowest BCUT2D eigenvalue weighted by Gasteiger charge is -2.24. The summed E-state index contributed by atoms with van der Waals surface area (Å²) in [7, 11) is 2.23. The van der Waals surface area contributed by atoms with Gasteiger partial charge in [-0.3, -0.25) is 0 Å². The molecule has 0 amide bonds. The number of fused-ring (bicyclic) bond motifs is 1. The predicted octanol–water partition coefficient (Wildman–Crippen LogP) is 4.55. The normalized spacial score (nSPS) is 21.6. The van der Waals surface area contributed by atoms with Gasteiger partial charge in [0.1, 0.15) is 0 Å². The second-order valence-corrected chi connectivity index (χ2v) is 7.58. The summed E-state index contributed by atoms with van der Waals surface area (Å²) in [5.74, 6) is 0. The van der Waals surface area contributed by atoms with Gasteiger partial charge >= 0.3 is 0 Å². The molecule has 3 aromatic rings. The van der Waals surface area contributed by atoms with E-state index in [9.17, 15) is 0 Å². The molecule has 124 valence electrons. The van der Waals surface area contributed by atoms with Crippen molar-refractivity contribution in [3.8, 4) is 0 Å². The van der Waals surface area contributed by atoms with Gasteiger partial charge in [0.25, 0.3) is 0 Å². The fourth-order valence-corrected chi connectivity index (χ4v) is 4.28. The van der Waals surface area contributed by atoms with E-state index in [1.54, 1.807) is 0 Å². The van der Waals surface area contributed by atoms with Crippen LogP contribution in [0.5, 0.6) is 0 Å². The van der Waals surface area contributed by atoms with Crippen LogP contribution in [0.1, 0.15) is 30.0 Å². The second-order valence-electron chi connectivity index (χ2n) is 7.58. The van der Waals surface area contributed by atoms with Crippen LogP contribution in [0.3, 0.4) is 0 Å². The molecule has 2 aromatic carbocycles. The monoisotopic (exact) mass is 318 g/mol. The average molecular weight is 318 g/mol. The van der Waals surface area contributed by atoms with Gasteiger partial charge in [-0.2, -0.15) is 0 Å². The SMILES string of the molecule is CN1CCC(C)(c2c[nH]c3cccc(CCc4ccccc4)c23)C1. The van der Waals surface area contributed by atoms with E-state index in [0.717, 1.165) is 19.4 Å². The Kier molecular flexibility index (Phi) is 3.93. The number of aromatic amines is 1. The second kappa shape index (κ2) is 6.10. The fourth-order valence-electron chi connectivity index (χ4n) is 4.28. The van der Waals surface area contributed by atoms with Crippen molar-refractivity contribution < 1.29 is 0 Å². The van der Waals surface area contributed by atoms with Gasteiger partial charge < -0.3 is 9.88 Å². The predicted molar refractivity (Wildman–Crippen MR) is 102 cm³/mol. The van der Waals surface area contributed by atoms with E-state index in [0.29, 0.717) is 0 Å². The van der Waals surface area contributed by atoms with E-state index in [4.69, 9.17) is 0 Å². The summed E-state index contributed by atoms with van der Waals surface area (Å²) >= 11 is 0. The van der Waals surface area contributed by atoms with Crippen LogP contribution in [0, 0.1) is 0 Å². The molecule has 0 spiro atoms. The third kappa shape index (κ3) is 2.76. The first-order chi connectivity index (χ1) is 11.7. The van der Waals surface area contributed by atoms with Gasteiger partial charge in [0, 0.05) is 29.1 Å². The molecule has 1 unspecified atom stereocenters. The van der Waals surface area contributed by atoms with E-state index >= 15 is 0 Å². The number of benzene rings is 2. The zero-order chi connectivity index (χ0) is 16.6. The molecule has 24 heavy (non-hydrogen) atoms. The molecule has 2 heterocycles. The lowest BCUT2D eigenvalue weighted by molar-refractivity contribution is 0.382. The third-order valence-electron chi connectivity index (χ3n) is 5.63. The molecule has 0 bridgehead atoms. The standard InChI is InChI=1S/C22H26N2/c1-22(13-14-24(2)16-22)19-15-23-20-10-6-9-18(21(19)20)12-11-17-7-4-3-5-8-17/h3-10,15,23H,11-14,16H2,1-2H3. The minimum Gasteiger partial charge on any atom is -0.361 e. The van der Waals surface area contributed by atoms with Gasteiger partial charge in [-0.15, -0.1) is 0 Å². The quantitative estimate of drug-likeness (QED) is 0.748. The Morgan fingerprint density at radius 1 is 1.04 bits per heavy atom. The molecular formula is C22H26N2. The van der Waals surface area contributed by atoms with Gasteiger partial charge in [-0.25, -0.2) is 0 Å².